The largest absolute Gasteiger partial charge is 0.378 e. The lowest BCUT2D eigenvalue weighted by atomic mass is 10.3. The van der Waals surface area contributed by atoms with Gasteiger partial charge < -0.3 is 5.32 Å². The van der Waals surface area contributed by atoms with Crippen LogP contribution in [0.3, 0.4) is 0 Å². The molecule has 0 fully saturated rings. The number of nitrogens with one attached hydrogen (secondary N) is 1. The lowest BCUT2D eigenvalue weighted by Crippen LogP contribution is -2.03. The fourth-order valence-electron chi connectivity index (χ4n) is 1.44. The minimum atomic E-state index is 0.426. The highest BCUT2D eigenvalue weighted by Crippen LogP contribution is 2.30. The molecule has 2 aromatic rings. The van der Waals surface area contributed by atoms with Gasteiger partial charge in [0.25, 0.3) is 0 Å². The Kier molecular flexibility index (Phi) is 5.16. The van der Waals surface area contributed by atoms with Gasteiger partial charge >= 0.3 is 0 Å². The fraction of sp³-hybridized carbons (Fsp3) is 0.167. The smallest absolute Gasteiger partial charge is 0.188 e. The summed E-state index contributed by atoms with van der Waals surface area (Å²) >= 11 is 19.7. The maximum absolute atomic E-state index is 6.08. The van der Waals surface area contributed by atoms with E-state index in [9.17, 15) is 0 Å². The van der Waals surface area contributed by atoms with Crippen molar-refractivity contribution in [3.63, 3.8) is 0 Å². The minimum Gasteiger partial charge on any atom is -0.378 e. The Morgan fingerprint density at radius 1 is 1.21 bits per heavy atom. The van der Waals surface area contributed by atoms with Crippen LogP contribution in [-0.2, 0) is 6.54 Å². The third-order valence-corrected chi connectivity index (χ3v) is 3.91. The number of thioether (sulfide) groups is 1. The second kappa shape index (κ2) is 6.66. The fourth-order valence-corrected chi connectivity index (χ4v) is 2.56. The zero-order valence-electron chi connectivity index (χ0n) is 9.95. The zero-order valence-corrected chi connectivity index (χ0v) is 13.0. The van der Waals surface area contributed by atoms with Crippen molar-refractivity contribution in [3.8, 4) is 0 Å². The van der Waals surface area contributed by atoms with E-state index >= 15 is 0 Å². The van der Waals surface area contributed by atoms with Crippen LogP contribution in [0.4, 0.5) is 5.69 Å². The number of benzene rings is 1. The van der Waals surface area contributed by atoms with Crippen LogP contribution in [0.15, 0.2) is 29.6 Å². The molecule has 1 N–H and O–H groups in total. The molecule has 0 bridgehead atoms. The third kappa shape index (κ3) is 3.66. The van der Waals surface area contributed by atoms with Gasteiger partial charge in [-0.15, -0.1) is 0 Å². The van der Waals surface area contributed by atoms with E-state index in [1.807, 2.05) is 6.26 Å². The maximum Gasteiger partial charge on any atom is 0.188 e. The maximum atomic E-state index is 6.08. The highest BCUT2D eigenvalue weighted by atomic mass is 35.5. The second-order valence-electron chi connectivity index (χ2n) is 3.62. The van der Waals surface area contributed by atoms with E-state index in [2.05, 4.69) is 15.3 Å². The van der Waals surface area contributed by atoms with Crippen LogP contribution in [0.5, 0.6) is 0 Å². The van der Waals surface area contributed by atoms with Crippen molar-refractivity contribution >= 4 is 52.3 Å². The Morgan fingerprint density at radius 3 is 2.47 bits per heavy atom. The molecule has 2 rings (SSSR count). The van der Waals surface area contributed by atoms with Crippen molar-refractivity contribution < 1.29 is 0 Å². The summed E-state index contributed by atoms with van der Waals surface area (Å²) < 4.78 is 0. The second-order valence-corrected chi connectivity index (χ2v) is 5.57. The molecule has 0 saturated heterocycles. The summed E-state index contributed by atoms with van der Waals surface area (Å²) in [5.74, 6) is 0. The number of hydrogen-bond donors (Lipinski definition) is 1. The number of aromatic nitrogens is 2. The van der Waals surface area contributed by atoms with Gasteiger partial charge in [0.15, 0.2) is 5.16 Å². The van der Waals surface area contributed by atoms with E-state index < -0.39 is 0 Å². The van der Waals surface area contributed by atoms with E-state index in [0.29, 0.717) is 32.6 Å². The van der Waals surface area contributed by atoms with E-state index in [1.54, 1.807) is 24.4 Å². The lowest BCUT2D eigenvalue weighted by Gasteiger charge is -2.11. The first kappa shape index (κ1) is 14.7. The first-order valence-corrected chi connectivity index (χ1v) is 7.71. The molecule has 1 aromatic heterocycles. The van der Waals surface area contributed by atoms with Gasteiger partial charge in [-0.2, -0.15) is 0 Å². The van der Waals surface area contributed by atoms with Crippen LogP contribution >= 0.6 is 46.6 Å². The summed E-state index contributed by atoms with van der Waals surface area (Å²) in [7, 11) is 0. The van der Waals surface area contributed by atoms with E-state index in [0.717, 1.165) is 5.56 Å². The van der Waals surface area contributed by atoms with Crippen molar-refractivity contribution in [2.24, 2.45) is 0 Å². The first-order valence-electron chi connectivity index (χ1n) is 5.35. The van der Waals surface area contributed by atoms with Crippen molar-refractivity contribution in [2.45, 2.75) is 11.7 Å². The molecule has 0 aliphatic rings. The molecule has 0 aliphatic carbocycles. The standard InChI is InChI=1S/C12H10Cl3N3S/c1-19-12-17-6-7(11(15)18-12)5-16-10-8(13)3-2-4-9(10)14/h2-4,6,16H,5H2,1H3. The van der Waals surface area contributed by atoms with Crippen LogP contribution in [-0.4, -0.2) is 16.2 Å². The van der Waals surface area contributed by atoms with Gasteiger partial charge in [0, 0.05) is 18.3 Å². The molecule has 1 heterocycles. The molecule has 0 aliphatic heterocycles. The Labute approximate surface area is 130 Å². The number of anilines is 1. The van der Waals surface area contributed by atoms with E-state index in [1.165, 1.54) is 11.8 Å². The van der Waals surface area contributed by atoms with Crippen molar-refractivity contribution in [2.75, 3.05) is 11.6 Å². The van der Waals surface area contributed by atoms with Gasteiger partial charge in [-0.3, -0.25) is 0 Å². The molecular weight excluding hydrogens is 325 g/mol. The third-order valence-electron chi connectivity index (χ3n) is 2.39. The number of halogens is 3. The summed E-state index contributed by atoms with van der Waals surface area (Å²) in [6, 6.07) is 5.33. The molecule has 100 valence electrons. The first-order chi connectivity index (χ1) is 9.11. The number of para-hydroxylation sites is 1. The monoisotopic (exact) mass is 333 g/mol. The molecule has 0 saturated carbocycles. The van der Waals surface area contributed by atoms with Gasteiger partial charge in [-0.25, -0.2) is 9.97 Å². The van der Waals surface area contributed by atoms with Gasteiger partial charge in [0.2, 0.25) is 0 Å². The molecule has 7 heteroatoms. The molecule has 0 unspecified atom stereocenters. The molecule has 0 spiro atoms. The number of nitrogens with zero attached hydrogens (tertiary/aromatic N) is 2. The summed E-state index contributed by atoms with van der Waals surface area (Å²) in [4.78, 5) is 8.34. The molecular formula is C12H10Cl3N3S. The van der Waals surface area contributed by atoms with Gasteiger partial charge in [-0.05, 0) is 18.4 Å². The average Bonchev–Trinajstić information content (AvgIpc) is 2.39. The molecule has 0 radical (unpaired) electrons. The van der Waals surface area contributed by atoms with Gasteiger partial charge in [0.1, 0.15) is 5.15 Å². The molecule has 1 aromatic carbocycles. The van der Waals surface area contributed by atoms with Gasteiger partial charge in [0.05, 0.1) is 15.7 Å². The lowest BCUT2D eigenvalue weighted by molar-refractivity contribution is 0.931. The van der Waals surface area contributed by atoms with Gasteiger partial charge in [-0.1, -0.05) is 52.6 Å². The van der Waals surface area contributed by atoms with E-state index in [-0.39, 0.29) is 0 Å². The predicted octanol–water partition coefficient (Wildman–Crippen LogP) is 4.77. The number of hydrogen-bond acceptors (Lipinski definition) is 4. The molecule has 3 nitrogen and oxygen atoms in total. The van der Waals surface area contributed by atoms with Crippen LogP contribution in [0, 0.1) is 0 Å². The summed E-state index contributed by atoms with van der Waals surface area (Å²) in [5.41, 5.74) is 1.46. The molecule has 0 atom stereocenters. The Bertz CT molecular complexity index is 572. The minimum absolute atomic E-state index is 0.426. The van der Waals surface area contributed by atoms with Crippen molar-refractivity contribution in [3.05, 3.63) is 45.2 Å². The zero-order chi connectivity index (χ0) is 13.8. The predicted molar refractivity (Wildman–Crippen MR) is 82.6 cm³/mol. The Morgan fingerprint density at radius 2 is 1.89 bits per heavy atom. The molecule has 0 amide bonds. The van der Waals surface area contributed by atoms with E-state index in [4.69, 9.17) is 34.8 Å². The Balaban J connectivity index is 2.15. The summed E-state index contributed by atoms with van der Waals surface area (Å²) in [6.07, 6.45) is 3.59. The quantitative estimate of drug-likeness (QED) is 0.496. The Hall–Kier alpha value is -0.680. The molecule has 19 heavy (non-hydrogen) atoms. The average molecular weight is 335 g/mol. The SMILES string of the molecule is CSc1ncc(CNc2c(Cl)cccc2Cl)c(Cl)n1. The van der Waals surface area contributed by atoms with Crippen molar-refractivity contribution in [1.29, 1.82) is 0 Å². The summed E-state index contributed by atoms with van der Waals surface area (Å²) in [5, 5.41) is 5.33. The summed E-state index contributed by atoms with van der Waals surface area (Å²) in [6.45, 7) is 0.455. The van der Waals surface area contributed by atoms with Crippen LogP contribution in [0.1, 0.15) is 5.56 Å². The van der Waals surface area contributed by atoms with Crippen molar-refractivity contribution in [1.82, 2.24) is 9.97 Å². The van der Waals surface area contributed by atoms with Crippen LogP contribution < -0.4 is 5.32 Å². The topological polar surface area (TPSA) is 37.8 Å². The normalized spacial score (nSPS) is 10.5. The van der Waals surface area contributed by atoms with Crippen LogP contribution in [0.25, 0.3) is 0 Å². The highest BCUT2D eigenvalue weighted by Gasteiger charge is 2.08. The number of rotatable bonds is 4. The van der Waals surface area contributed by atoms with Crippen LogP contribution in [0.2, 0.25) is 15.2 Å². The highest BCUT2D eigenvalue weighted by molar-refractivity contribution is 7.98.